The maximum atomic E-state index is 5.38. The first-order valence-corrected chi connectivity index (χ1v) is 9.84. The number of aromatic nitrogens is 3. The molecule has 1 heterocycles. The van der Waals surface area contributed by atoms with Crippen molar-refractivity contribution in [2.24, 2.45) is 0 Å². The molecule has 1 aromatic heterocycles. The average Bonchev–Trinajstić information content (AvgIpc) is 3.03. The third-order valence-corrected chi connectivity index (χ3v) is 5.26. The van der Waals surface area contributed by atoms with Gasteiger partial charge in [0, 0.05) is 28.8 Å². The third-order valence-electron chi connectivity index (χ3n) is 4.29. The summed E-state index contributed by atoms with van der Waals surface area (Å²) in [6.45, 7) is 7.01. The monoisotopic (exact) mass is 431 g/mol. The van der Waals surface area contributed by atoms with Crippen LogP contribution in [0.25, 0.3) is 11.4 Å². The molecule has 0 fully saturated rings. The van der Waals surface area contributed by atoms with Crippen LogP contribution in [-0.4, -0.2) is 28.0 Å². The van der Waals surface area contributed by atoms with E-state index in [9.17, 15) is 0 Å². The van der Waals surface area contributed by atoms with Gasteiger partial charge < -0.3 is 10.3 Å². The van der Waals surface area contributed by atoms with E-state index >= 15 is 0 Å². The molecule has 0 atom stereocenters. The minimum atomic E-state index is 0.538. The number of halogens is 1. The van der Waals surface area contributed by atoms with Gasteiger partial charge in [0.2, 0.25) is 4.77 Å². The van der Waals surface area contributed by atoms with E-state index in [1.807, 2.05) is 28.9 Å². The second kappa shape index (κ2) is 8.51. The summed E-state index contributed by atoms with van der Waals surface area (Å²) in [6.07, 6.45) is 0. The van der Waals surface area contributed by atoms with Crippen molar-refractivity contribution in [2.45, 2.75) is 20.4 Å². The molecule has 0 radical (unpaired) electrons. The Hall–Kier alpha value is -2.12. The summed E-state index contributed by atoms with van der Waals surface area (Å²) < 4.78 is 3.32. The van der Waals surface area contributed by atoms with Crippen LogP contribution in [0.5, 0.6) is 0 Å². The number of rotatable bonds is 7. The molecule has 26 heavy (non-hydrogen) atoms. The van der Waals surface area contributed by atoms with E-state index in [4.69, 9.17) is 12.2 Å². The second-order valence-electron chi connectivity index (χ2n) is 5.84. The van der Waals surface area contributed by atoms with Crippen LogP contribution in [-0.2, 0) is 6.54 Å². The van der Waals surface area contributed by atoms with Crippen LogP contribution in [0.15, 0.2) is 53.0 Å². The van der Waals surface area contributed by atoms with Crippen LogP contribution in [0.3, 0.4) is 0 Å². The first-order valence-electron chi connectivity index (χ1n) is 8.64. The van der Waals surface area contributed by atoms with E-state index in [0.29, 0.717) is 11.3 Å². The number of aromatic amines is 1. The molecule has 2 aromatic carbocycles. The lowest BCUT2D eigenvalue weighted by atomic mass is 10.2. The van der Waals surface area contributed by atoms with Crippen LogP contribution >= 0.6 is 28.1 Å². The fourth-order valence-electron chi connectivity index (χ4n) is 2.85. The van der Waals surface area contributed by atoms with Gasteiger partial charge in [-0.15, -0.1) is 0 Å². The minimum Gasteiger partial charge on any atom is -0.372 e. The second-order valence-corrected chi connectivity index (χ2v) is 7.08. The first kappa shape index (κ1) is 18.7. The zero-order valence-corrected chi connectivity index (χ0v) is 17.3. The molecule has 7 heteroatoms. The Balaban J connectivity index is 1.78. The summed E-state index contributed by atoms with van der Waals surface area (Å²) >= 11 is 8.95. The van der Waals surface area contributed by atoms with Gasteiger partial charge in [-0.2, -0.15) is 5.10 Å². The van der Waals surface area contributed by atoms with Gasteiger partial charge in [0.1, 0.15) is 0 Å². The summed E-state index contributed by atoms with van der Waals surface area (Å²) in [5.74, 6) is 0.752. The van der Waals surface area contributed by atoms with E-state index in [1.165, 1.54) is 11.3 Å². The lowest BCUT2D eigenvalue weighted by Gasteiger charge is -2.21. The van der Waals surface area contributed by atoms with Gasteiger partial charge in [0.25, 0.3) is 0 Å². The first-order chi connectivity index (χ1) is 12.6. The van der Waals surface area contributed by atoms with Crippen molar-refractivity contribution in [3.8, 4) is 11.4 Å². The Labute approximate surface area is 167 Å². The van der Waals surface area contributed by atoms with Gasteiger partial charge in [0.15, 0.2) is 5.82 Å². The van der Waals surface area contributed by atoms with Crippen molar-refractivity contribution < 1.29 is 0 Å². The normalized spacial score (nSPS) is 10.7. The molecule has 0 unspecified atom stereocenters. The van der Waals surface area contributed by atoms with Crippen LogP contribution in [0.1, 0.15) is 19.4 Å². The summed E-state index contributed by atoms with van der Waals surface area (Å²) in [5, 5.41) is 7.23. The Morgan fingerprint density at radius 2 is 1.81 bits per heavy atom. The van der Waals surface area contributed by atoms with Crippen molar-refractivity contribution in [1.29, 1.82) is 0 Å². The Bertz CT molecular complexity index is 912. The molecule has 0 saturated heterocycles. The van der Waals surface area contributed by atoms with Crippen LogP contribution < -0.4 is 10.3 Å². The van der Waals surface area contributed by atoms with E-state index in [-0.39, 0.29) is 0 Å². The van der Waals surface area contributed by atoms with Gasteiger partial charge in [0.05, 0.1) is 6.54 Å². The van der Waals surface area contributed by atoms with E-state index in [2.05, 4.69) is 74.6 Å². The molecule has 0 saturated carbocycles. The maximum absolute atomic E-state index is 5.38. The quantitative estimate of drug-likeness (QED) is 0.518. The largest absolute Gasteiger partial charge is 0.372 e. The third kappa shape index (κ3) is 3.99. The molecule has 136 valence electrons. The van der Waals surface area contributed by atoms with Gasteiger partial charge >= 0.3 is 0 Å². The fraction of sp³-hybridized carbons (Fsp3) is 0.263. The maximum Gasteiger partial charge on any atom is 0.214 e. The highest BCUT2D eigenvalue weighted by molar-refractivity contribution is 9.10. The van der Waals surface area contributed by atoms with Crippen LogP contribution in [0.2, 0.25) is 0 Å². The number of hydrogen-bond acceptors (Lipinski definition) is 4. The van der Waals surface area contributed by atoms with Crippen molar-refractivity contribution in [1.82, 2.24) is 14.9 Å². The SMILES string of the molecule is CCN(CC)c1ccc(CNn2c(-c3ccccc3Br)n[nH]c2=S)cc1. The average molecular weight is 432 g/mol. The van der Waals surface area contributed by atoms with Gasteiger partial charge in [-0.05, 0) is 55.9 Å². The van der Waals surface area contributed by atoms with Crippen molar-refractivity contribution in [3.63, 3.8) is 0 Å². The predicted octanol–water partition coefficient (Wildman–Crippen LogP) is 4.96. The zero-order valence-electron chi connectivity index (χ0n) is 14.9. The standard InChI is InChI=1S/C19H22BrN5S/c1-3-24(4-2)15-11-9-14(10-12-15)13-21-25-18(22-23-19(25)26)16-7-5-6-8-17(16)20/h5-12,21H,3-4,13H2,1-2H3,(H,23,26). The number of benzene rings is 2. The van der Waals surface area contributed by atoms with E-state index < -0.39 is 0 Å². The summed E-state index contributed by atoms with van der Waals surface area (Å²) in [7, 11) is 0. The zero-order chi connectivity index (χ0) is 18.5. The van der Waals surface area contributed by atoms with Crippen molar-refractivity contribution >= 4 is 33.8 Å². The molecular formula is C19H22BrN5S. The molecule has 2 N–H and O–H groups in total. The highest BCUT2D eigenvalue weighted by Gasteiger charge is 2.11. The van der Waals surface area contributed by atoms with Gasteiger partial charge in [-0.3, -0.25) is 0 Å². The predicted molar refractivity (Wildman–Crippen MR) is 114 cm³/mol. The van der Waals surface area contributed by atoms with E-state index in [0.717, 1.165) is 29.0 Å². The lowest BCUT2D eigenvalue weighted by molar-refractivity contribution is 0.830. The summed E-state index contributed by atoms with van der Waals surface area (Å²) in [5.41, 5.74) is 6.77. The Morgan fingerprint density at radius 1 is 1.12 bits per heavy atom. The van der Waals surface area contributed by atoms with Gasteiger partial charge in [-0.1, -0.05) is 40.2 Å². The number of anilines is 1. The van der Waals surface area contributed by atoms with Gasteiger partial charge in [-0.25, -0.2) is 9.77 Å². The number of hydrogen-bond donors (Lipinski definition) is 2. The number of H-pyrrole nitrogens is 1. The van der Waals surface area contributed by atoms with Crippen molar-refractivity contribution in [3.05, 3.63) is 63.3 Å². The fourth-order valence-corrected chi connectivity index (χ4v) is 3.51. The molecule has 0 spiro atoms. The summed E-state index contributed by atoms with van der Waals surface area (Å²) in [6, 6.07) is 16.6. The van der Waals surface area contributed by atoms with Crippen LogP contribution in [0, 0.1) is 4.77 Å². The number of nitrogens with one attached hydrogen (secondary N) is 2. The molecule has 0 bridgehead atoms. The highest BCUT2D eigenvalue weighted by Crippen LogP contribution is 2.26. The van der Waals surface area contributed by atoms with Crippen molar-refractivity contribution in [2.75, 3.05) is 23.4 Å². The Morgan fingerprint density at radius 3 is 2.46 bits per heavy atom. The molecule has 0 aliphatic rings. The smallest absolute Gasteiger partial charge is 0.214 e. The Kier molecular flexibility index (Phi) is 6.11. The molecule has 0 amide bonds. The lowest BCUT2D eigenvalue weighted by Crippen LogP contribution is -2.21. The topological polar surface area (TPSA) is 48.9 Å². The highest BCUT2D eigenvalue weighted by atomic mass is 79.9. The number of nitrogens with zero attached hydrogens (tertiary/aromatic N) is 3. The molecule has 5 nitrogen and oxygen atoms in total. The molecule has 0 aliphatic heterocycles. The molecular weight excluding hydrogens is 410 g/mol. The minimum absolute atomic E-state index is 0.538. The van der Waals surface area contributed by atoms with Crippen LogP contribution in [0.4, 0.5) is 5.69 Å². The molecule has 0 aliphatic carbocycles. The van der Waals surface area contributed by atoms with E-state index in [1.54, 1.807) is 0 Å². The summed E-state index contributed by atoms with van der Waals surface area (Å²) in [4.78, 5) is 2.33. The molecule has 3 aromatic rings. The molecule has 3 rings (SSSR count).